The Bertz CT molecular complexity index is 785. The monoisotopic (exact) mass is 434 g/mol. The number of hydrogen-bond donors (Lipinski definition) is 4. The Hall–Kier alpha value is -2.19. The summed E-state index contributed by atoms with van der Waals surface area (Å²) in [5.41, 5.74) is 6.06. The van der Waals surface area contributed by atoms with Gasteiger partial charge >= 0.3 is 7.32 Å². The molecule has 1 aromatic carbocycles. The van der Waals surface area contributed by atoms with Crippen molar-refractivity contribution in [2.24, 2.45) is 5.73 Å². The Labute approximate surface area is 172 Å². The number of rotatable bonds is 11. The molecular weight excluding hydrogens is 412 g/mol. The van der Waals surface area contributed by atoms with Gasteiger partial charge in [-0.15, -0.1) is 17.5 Å². The number of nitrogens with zero attached hydrogens (tertiary/aromatic N) is 4. The van der Waals surface area contributed by atoms with Gasteiger partial charge in [0.05, 0.1) is 6.04 Å². The van der Waals surface area contributed by atoms with E-state index in [1.165, 1.54) is 16.8 Å². The van der Waals surface area contributed by atoms with Gasteiger partial charge in [0.25, 0.3) is 0 Å². The van der Waals surface area contributed by atoms with Gasteiger partial charge in [-0.2, -0.15) is 0 Å². The van der Waals surface area contributed by atoms with Gasteiger partial charge in [-0.1, -0.05) is 12.1 Å². The molecule has 1 amide bonds. The van der Waals surface area contributed by atoms with Crippen molar-refractivity contribution in [3.63, 3.8) is 0 Å². The molecule has 0 aliphatic rings. The third-order valence-electron chi connectivity index (χ3n) is 3.87. The molecule has 5 N–H and O–H groups in total. The van der Waals surface area contributed by atoms with Crippen LogP contribution < -0.4 is 11.1 Å². The Balaban J connectivity index is 0.00000420. The van der Waals surface area contributed by atoms with E-state index in [9.17, 15) is 13.6 Å². The zero-order chi connectivity index (χ0) is 20.5. The minimum atomic E-state index is -1.81. The van der Waals surface area contributed by atoms with Gasteiger partial charge in [-0.25, -0.2) is 13.5 Å². The smallest absolute Gasteiger partial charge is 0.402 e. The van der Waals surface area contributed by atoms with Crippen molar-refractivity contribution < 1.29 is 28.3 Å². The molecule has 0 aliphatic carbocycles. The van der Waals surface area contributed by atoms with E-state index in [0.29, 0.717) is 25.1 Å². The second-order valence-corrected chi connectivity index (χ2v) is 5.98. The molecular formula is C15H22BClF2N6O4. The fraction of sp³-hybridized carbons (Fsp3) is 0.467. The van der Waals surface area contributed by atoms with E-state index < -0.39 is 30.9 Å². The van der Waals surface area contributed by atoms with Crippen molar-refractivity contribution in [3.8, 4) is 0 Å². The number of aromatic nitrogens is 4. The maximum Gasteiger partial charge on any atom is 0.633 e. The largest absolute Gasteiger partial charge is 0.633 e. The summed E-state index contributed by atoms with van der Waals surface area (Å²) < 4.78 is 32.6. The van der Waals surface area contributed by atoms with E-state index in [1.807, 2.05) is 0 Å². The van der Waals surface area contributed by atoms with Gasteiger partial charge in [0, 0.05) is 18.7 Å². The summed E-state index contributed by atoms with van der Waals surface area (Å²) in [4.78, 5) is 12.1. The number of tetrazole rings is 1. The van der Waals surface area contributed by atoms with Crippen LogP contribution in [0, 0.1) is 11.6 Å². The van der Waals surface area contributed by atoms with E-state index in [1.54, 1.807) is 0 Å². The first-order valence-corrected chi connectivity index (χ1v) is 8.57. The molecule has 1 atom stereocenters. The predicted molar refractivity (Wildman–Crippen MR) is 100 cm³/mol. The summed E-state index contributed by atoms with van der Waals surface area (Å²) in [6.07, 6.45) is 1.65. The Morgan fingerprint density at radius 2 is 2.10 bits per heavy atom. The van der Waals surface area contributed by atoms with Gasteiger partial charge < -0.3 is 25.8 Å². The van der Waals surface area contributed by atoms with Gasteiger partial charge in [0.15, 0.2) is 17.5 Å². The lowest BCUT2D eigenvalue weighted by Gasteiger charge is -2.12. The molecule has 29 heavy (non-hydrogen) atoms. The number of carbonyl (C=O) groups excluding carboxylic acids is 1. The first kappa shape index (κ1) is 24.9. The summed E-state index contributed by atoms with van der Waals surface area (Å²) in [5, 5.41) is 30.7. The fourth-order valence-corrected chi connectivity index (χ4v) is 2.44. The van der Waals surface area contributed by atoms with Crippen molar-refractivity contribution in [1.82, 2.24) is 25.5 Å². The minimum absolute atomic E-state index is 0. The lowest BCUT2D eigenvalue weighted by Crippen LogP contribution is -2.30. The third kappa shape index (κ3) is 7.99. The number of halogens is 3. The summed E-state index contributed by atoms with van der Waals surface area (Å²) >= 11 is 0. The van der Waals surface area contributed by atoms with Crippen LogP contribution in [-0.2, 0) is 22.5 Å². The van der Waals surface area contributed by atoms with Crippen molar-refractivity contribution in [2.75, 3.05) is 6.61 Å². The van der Waals surface area contributed by atoms with Gasteiger partial charge in [-0.05, 0) is 35.8 Å². The number of amides is 1. The molecule has 14 heteroatoms. The number of unbranched alkanes of at least 4 members (excludes halogenated alkanes) is 1. The quantitative estimate of drug-likeness (QED) is 0.282. The number of carbonyl (C=O) groups is 1. The average Bonchev–Trinajstić information content (AvgIpc) is 3.10. The Kier molecular flexibility index (Phi) is 10.6. The fourth-order valence-electron chi connectivity index (χ4n) is 2.44. The highest BCUT2D eigenvalue weighted by molar-refractivity contribution is 6.32. The van der Waals surface area contributed by atoms with E-state index in [0.717, 1.165) is 6.07 Å². The molecule has 0 fully saturated rings. The molecule has 1 heterocycles. The van der Waals surface area contributed by atoms with Crippen molar-refractivity contribution in [2.45, 2.75) is 38.4 Å². The zero-order valence-corrected chi connectivity index (χ0v) is 16.2. The first-order chi connectivity index (χ1) is 13.4. The molecule has 0 spiro atoms. The Morgan fingerprint density at radius 3 is 2.83 bits per heavy atom. The minimum Gasteiger partial charge on any atom is -0.402 e. The second-order valence-electron chi connectivity index (χ2n) is 5.98. The van der Waals surface area contributed by atoms with Crippen molar-refractivity contribution in [3.05, 3.63) is 41.2 Å². The maximum atomic E-state index is 13.6. The SMILES string of the molecule is Cl.NC(CCCCOB(O)O)c1nnnn1CC(=O)NCc1cccc(F)c1F. The van der Waals surface area contributed by atoms with Crippen molar-refractivity contribution in [1.29, 1.82) is 0 Å². The molecule has 2 aromatic rings. The highest BCUT2D eigenvalue weighted by Gasteiger charge is 2.17. The molecule has 1 aromatic heterocycles. The zero-order valence-electron chi connectivity index (χ0n) is 15.4. The molecule has 0 saturated carbocycles. The van der Waals surface area contributed by atoms with Gasteiger partial charge in [-0.3, -0.25) is 4.79 Å². The lowest BCUT2D eigenvalue weighted by molar-refractivity contribution is -0.122. The van der Waals surface area contributed by atoms with Crippen LogP contribution in [0.15, 0.2) is 18.2 Å². The van der Waals surface area contributed by atoms with Crippen LogP contribution >= 0.6 is 12.4 Å². The highest BCUT2D eigenvalue weighted by atomic mass is 35.5. The van der Waals surface area contributed by atoms with Gasteiger partial charge in [0.1, 0.15) is 6.54 Å². The Morgan fingerprint density at radius 1 is 1.34 bits per heavy atom. The molecule has 0 bridgehead atoms. The predicted octanol–water partition coefficient (Wildman–Crippen LogP) is -0.154. The number of hydrogen-bond acceptors (Lipinski definition) is 8. The average molecular weight is 435 g/mol. The maximum absolute atomic E-state index is 13.6. The third-order valence-corrected chi connectivity index (χ3v) is 3.87. The summed E-state index contributed by atoms with van der Waals surface area (Å²) in [7, 11) is -1.81. The van der Waals surface area contributed by atoms with Crippen LogP contribution in [0.4, 0.5) is 8.78 Å². The lowest BCUT2D eigenvalue weighted by atomic mass is 10.1. The molecule has 0 saturated heterocycles. The summed E-state index contributed by atoms with van der Waals surface area (Å²) in [5.74, 6) is -2.19. The molecule has 2 rings (SSSR count). The molecule has 160 valence electrons. The number of nitrogens with two attached hydrogens (primary N) is 1. The normalized spacial score (nSPS) is 11.6. The standard InChI is InChI=1S/C15H21BF2N6O4.ClH/c17-11-5-3-4-10(14(11)18)8-20-13(25)9-24-15(21-22-23-24)12(19)6-1-2-7-28-16(26)27;/h3-5,12,26-27H,1-2,6-9,19H2,(H,20,25);1H. The first-order valence-electron chi connectivity index (χ1n) is 8.57. The van der Waals surface area contributed by atoms with E-state index >= 15 is 0 Å². The molecule has 0 radical (unpaired) electrons. The van der Waals surface area contributed by atoms with E-state index in [-0.39, 0.29) is 37.7 Å². The highest BCUT2D eigenvalue weighted by Crippen LogP contribution is 2.14. The van der Waals surface area contributed by atoms with Gasteiger partial charge in [0.2, 0.25) is 5.91 Å². The van der Waals surface area contributed by atoms with Crippen LogP contribution in [-0.4, -0.2) is 50.1 Å². The van der Waals surface area contributed by atoms with Crippen LogP contribution in [0.3, 0.4) is 0 Å². The van der Waals surface area contributed by atoms with Crippen LogP contribution in [0.25, 0.3) is 0 Å². The molecule has 1 unspecified atom stereocenters. The van der Waals surface area contributed by atoms with Crippen molar-refractivity contribution >= 4 is 25.6 Å². The molecule has 10 nitrogen and oxygen atoms in total. The number of benzene rings is 1. The van der Waals surface area contributed by atoms with Crippen LogP contribution in [0.1, 0.15) is 36.7 Å². The summed E-state index contributed by atoms with van der Waals surface area (Å²) in [6.45, 7) is -0.246. The van der Waals surface area contributed by atoms with Crippen LogP contribution in [0.5, 0.6) is 0 Å². The summed E-state index contributed by atoms with van der Waals surface area (Å²) in [6, 6.07) is 3.18. The van der Waals surface area contributed by atoms with Crippen LogP contribution in [0.2, 0.25) is 0 Å². The second kappa shape index (κ2) is 12.4. The number of nitrogens with one attached hydrogen (secondary N) is 1. The van der Waals surface area contributed by atoms with E-state index in [2.05, 4.69) is 25.5 Å². The van der Waals surface area contributed by atoms with E-state index in [4.69, 9.17) is 15.8 Å². The topological polar surface area (TPSA) is 148 Å². The molecule has 0 aliphatic heterocycles.